The first-order valence-corrected chi connectivity index (χ1v) is 10.6. The number of thioether (sulfide) groups is 1. The van der Waals surface area contributed by atoms with Crippen LogP contribution in [-0.2, 0) is 5.75 Å². The molecule has 160 valence electrons. The van der Waals surface area contributed by atoms with Crippen molar-refractivity contribution in [2.45, 2.75) is 10.8 Å². The third kappa shape index (κ3) is 5.19. The van der Waals surface area contributed by atoms with E-state index in [1.54, 1.807) is 42.5 Å². The van der Waals surface area contributed by atoms with Gasteiger partial charge >= 0.3 is 5.97 Å². The summed E-state index contributed by atoms with van der Waals surface area (Å²) >= 11 is 7.52. The van der Waals surface area contributed by atoms with Gasteiger partial charge in [0.25, 0.3) is 0 Å². The number of rotatable bonds is 8. The molecular formula is C23H16ClN3O4S. The highest BCUT2D eigenvalue weighted by molar-refractivity contribution is 7.98. The second-order valence-electron chi connectivity index (χ2n) is 6.42. The number of aliphatic hydroxyl groups excluding tert-OH is 1. The maximum Gasteiger partial charge on any atom is 0.335 e. The number of aliphatic hydroxyl groups is 1. The van der Waals surface area contributed by atoms with Gasteiger partial charge in [-0.2, -0.15) is 5.26 Å². The van der Waals surface area contributed by atoms with Gasteiger partial charge in [-0.1, -0.05) is 35.9 Å². The van der Waals surface area contributed by atoms with Gasteiger partial charge in [-0.25, -0.2) is 14.6 Å². The first kappa shape index (κ1) is 23.1. The number of nitriles is 1. The van der Waals surface area contributed by atoms with Gasteiger partial charge in [0, 0.05) is 11.3 Å². The van der Waals surface area contributed by atoms with E-state index in [2.05, 4.69) is 15.9 Å². The number of nitrogens with zero attached hydrogens (tertiary/aromatic N) is 3. The molecule has 3 aromatic rings. The number of aromatic carboxylic acids is 1. The van der Waals surface area contributed by atoms with E-state index >= 15 is 0 Å². The van der Waals surface area contributed by atoms with E-state index in [1.165, 1.54) is 17.8 Å². The summed E-state index contributed by atoms with van der Waals surface area (Å²) in [5, 5.41) is 28.3. The Morgan fingerprint density at radius 1 is 1.28 bits per heavy atom. The zero-order valence-corrected chi connectivity index (χ0v) is 18.2. The maximum atomic E-state index is 11.2. The topological polar surface area (TPSA) is 108 Å². The molecule has 0 radical (unpaired) electrons. The molecule has 0 spiro atoms. The molecule has 0 saturated heterocycles. The van der Waals surface area contributed by atoms with E-state index in [0.29, 0.717) is 27.7 Å². The first-order chi connectivity index (χ1) is 15.5. The fourth-order valence-corrected chi connectivity index (χ4v) is 4.15. The molecule has 7 nitrogen and oxygen atoms in total. The Labute approximate surface area is 193 Å². The number of pyridine rings is 1. The fourth-order valence-electron chi connectivity index (χ4n) is 2.94. The van der Waals surface area contributed by atoms with Gasteiger partial charge in [-0.05, 0) is 35.4 Å². The zero-order valence-electron chi connectivity index (χ0n) is 16.6. The summed E-state index contributed by atoms with van der Waals surface area (Å²) in [5.74, 6) is -0.117. The Morgan fingerprint density at radius 3 is 2.66 bits per heavy atom. The van der Waals surface area contributed by atoms with Crippen molar-refractivity contribution in [2.75, 3.05) is 13.2 Å². The number of benzene rings is 2. The van der Waals surface area contributed by atoms with E-state index in [9.17, 15) is 15.2 Å². The van der Waals surface area contributed by atoms with Crippen LogP contribution in [0.15, 0.2) is 53.6 Å². The van der Waals surface area contributed by atoms with Crippen molar-refractivity contribution in [3.05, 3.63) is 81.8 Å². The molecule has 0 amide bonds. The monoisotopic (exact) mass is 465 g/mol. The zero-order chi connectivity index (χ0) is 23.1. The molecule has 0 saturated carbocycles. The van der Waals surface area contributed by atoms with E-state index in [4.69, 9.17) is 28.0 Å². The lowest BCUT2D eigenvalue weighted by Crippen LogP contribution is -2.01. The average Bonchev–Trinajstić information content (AvgIpc) is 2.81. The highest BCUT2D eigenvalue weighted by atomic mass is 35.5. The largest absolute Gasteiger partial charge is 0.491 e. The van der Waals surface area contributed by atoms with Crippen molar-refractivity contribution >= 4 is 35.0 Å². The number of ether oxygens (including phenoxy) is 1. The highest BCUT2D eigenvalue weighted by Crippen LogP contribution is 2.42. The first-order valence-electron chi connectivity index (χ1n) is 9.28. The maximum absolute atomic E-state index is 11.2. The third-order valence-electron chi connectivity index (χ3n) is 4.37. The molecule has 0 fully saturated rings. The number of hydrogen-bond acceptors (Lipinski definition) is 6. The predicted molar refractivity (Wildman–Crippen MR) is 121 cm³/mol. The lowest BCUT2D eigenvalue weighted by molar-refractivity contribution is 0.0696. The standard InChI is InChI=1S/C23H16ClN3O4S/c1-26-20-19(15-5-7-17(8-6-15)31-10-9-28)18(12-25)22(27-21(20)24)32-13-14-3-2-4-16(11-14)23(29)30/h2-8,11,28H,9-10,13H2,(H,29,30). The second kappa shape index (κ2) is 10.7. The van der Waals surface area contributed by atoms with Crippen LogP contribution >= 0.6 is 23.4 Å². The van der Waals surface area contributed by atoms with Crippen LogP contribution in [0, 0.1) is 17.9 Å². The number of halogens is 1. The molecule has 2 N–H and O–H groups in total. The van der Waals surface area contributed by atoms with Crippen LogP contribution in [0.5, 0.6) is 5.75 Å². The molecule has 0 aliphatic carbocycles. The Kier molecular flexibility index (Phi) is 7.69. The van der Waals surface area contributed by atoms with E-state index in [-0.39, 0.29) is 35.2 Å². The van der Waals surface area contributed by atoms with Crippen molar-refractivity contribution in [1.82, 2.24) is 4.98 Å². The molecule has 0 aliphatic rings. The molecule has 32 heavy (non-hydrogen) atoms. The van der Waals surface area contributed by atoms with Gasteiger partial charge in [0.1, 0.15) is 28.6 Å². The minimum absolute atomic E-state index is 0.0172. The van der Waals surface area contributed by atoms with Gasteiger partial charge in [0.15, 0.2) is 0 Å². The lowest BCUT2D eigenvalue weighted by Gasteiger charge is -2.13. The van der Waals surface area contributed by atoms with Crippen molar-refractivity contribution in [3.8, 4) is 22.9 Å². The van der Waals surface area contributed by atoms with Crippen molar-refractivity contribution in [2.24, 2.45) is 0 Å². The number of carboxylic acid groups (broad SMARTS) is 1. The molecule has 3 rings (SSSR count). The van der Waals surface area contributed by atoms with Crippen LogP contribution < -0.4 is 4.74 Å². The molecule has 0 bridgehead atoms. The minimum Gasteiger partial charge on any atom is -0.491 e. The Hall–Kier alpha value is -3.56. The van der Waals surface area contributed by atoms with Crippen molar-refractivity contribution in [1.29, 1.82) is 5.26 Å². The molecule has 2 aromatic carbocycles. The Morgan fingerprint density at radius 2 is 2.03 bits per heavy atom. The SMILES string of the molecule is [C-]#[N+]c1c(Cl)nc(SCc2cccc(C(=O)O)c2)c(C#N)c1-c1ccc(OCCO)cc1. The summed E-state index contributed by atoms with van der Waals surface area (Å²) in [6.45, 7) is 7.57. The van der Waals surface area contributed by atoms with Crippen LogP contribution in [0.25, 0.3) is 16.0 Å². The van der Waals surface area contributed by atoms with E-state index < -0.39 is 5.97 Å². The van der Waals surface area contributed by atoms with Gasteiger partial charge in [0.05, 0.1) is 24.3 Å². The summed E-state index contributed by atoms with van der Waals surface area (Å²) in [6, 6.07) is 15.4. The second-order valence-corrected chi connectivity index (χ2v) is 7.74. The predicted octanol–water partition coefficient (Wildman–Crippen LogP) is 5.19. The summed E-state index contributed by atoms with van der Waals surface area (Å²) in [6.07, 6.45) is 0. The van der Waals surface area contributed by atoms with Gasteiger partial charge in [-0.3, -0.25) is 0 Å². The van der Waals surface area contributed by atoms with Crippen LogP contribution in [0.4, 0.5) is 5.69 Å². The Bertz CT molecular complexity index is 1230. The number of carboxylic acids is 1. The molecule has 0 aliphatic heterocycles. The average molecular weight is 466 g/mol. The Balaban J connectivity index is 1.99. The fraction of sp³-hybridized carbons (Fsp3) is 0.130. The minimum atomic E-state index is -1.02. The van der Waals surface area contributed by atoms with Gasteiger partial charge in [-0.15, -0.1) is 11.8 Å². The number of aromatic nitrogens is 1. The molecule has 0 unspecified atom stereocenters. The summed E-state index contributed by atoms with van der Waals surface area (Å²) in [7, 11) is 0. The molecule has 0 atom stereocenters. The number of carbonyl (C=O) groups is 1. The van der Waals surface area contributed by atoms with Crippen LogP contribution in [0.1, 0.15) is 21.5 Å². The molecular weight excluding hydrogens is 450 g/mol. The van der Waals surface area contributed by atoms with E-state index in [0.717, 1.165) is 5.56 Å². The molecule has 1 heterocycles. The summed E-state index contributed by atoms with van der Waals surface area (Å²) in [5.41, 5.74) is 2.18. The van der Waals surface area contributed by atoms with Gasteiger partial charge < -0.3 is 14.9 Å². The summed E-state index contributed by atoms with van der Waals surface area (Å²) < 4.78 is 5.36. The lowest BCUT2D eigenvalue weighted by atomic mass is 10.0. The van der Waals surface area contributed by atoms with Gasteiger partial charge in [0.2, 0.25) is 5.69 Å². The van der Waals surface area contributed by atoms with Crippen molar-refractivity contribution < 1.29 is 19.7 Å². The van der Waals surface area contributed by atoms with Crippen molar-refractivity contribution in [3.63, 3.8) is 0 Å². The van der Waals surface area contributed by atoms with Crippen LogP contribution in [-0.4, -0.2) is 34.4 Å². The number of hydrogen-bond donors (Lipinski definition) is 2. The quantitative estimate of drug-likeness (QED) is 0.268. The molecule has 9 heteroatoms. The summed E-state index contributed by atoms with van der Waals surface area (Å²) in [4.78, 5) is 18.9. The van der Waals surface area contributed by atoms with Crippen LogP contribution in [0.2, 0.25) is 5.15 Å². The normalized spacial score (nSPS) is 10.2. The van der Waals surface area contributed by atoms with E-state index in [1.807, 2.05) is 0 Å². The molecule has 1 aromatic heterocycles. The highest BCUT2D eigenvalue weighted by Gasteiger charge is 2.21. The van der Waals surface area contributed by atoms with Crippen LogP contribution in [0.3, 0.4) is 0 Å². The third-order valence-corrected chi connectivity index (χ3v) is 5.68. The smallest absolute Gasteiger partial charge is 0.335 e.